The summed E-state index contributed by atoms with van der Waals surface area (Å²) < 4.78 is 0. The molecule has 0 saturated heterocycles. The lowest BCUT2D eigenvalue weighted by Crippen LogP contribution is -2.13. The van der Waals surface area contributed by atoms with E-state index in [1.807, 2.05) is 0 Å². The molecule has 1 fully saturated rings. The second-order valence-corrected chi connectivity index (χ2v) is 6.36. The summed E-state index contributed by atoms with van der Waals surface area (Å²) in [5.41, 5.74) is 3.06. The van der Waals surface area contributed by atoms with E-state index in [0.717, 1.165) is 18.3 Å². The summed E-state index contributed by atoms with van der Waals surface area (Å²) in [6.07, 6.45) is 15.2. The molecule has 1 aliphatic rings. The normalized spacial score (nSPS) is 23.3. The lowest BCUT2D eigenvalue weighted by atomic mass is 9.77. The Hall–Kier alpha value is -1.04. The van der Waals surface area contributed by atoms with Crippen LogP contribution in [-0.2, 0) is 6.42 Å². The summed E-state index contributed by atoms with van der Waals surface area (Å²) in [7, 11) is 0. The SMILES string of the molecule is C/C=C/CCc1ccc(C2CCC(CCC)CC2)cc1. The van der Waals surface area contributed by atoms with Gasteiger partial charge in [-0.3, -0.25) is 0 Å². The number of hydrogen-bond acceptors (Lipinski definition) is 0. The van der Waals surface area contributed by atoms with Gasteiger partial charge in [-0.15, -0.1) is 0 Å². The smallest absolute Gasteiger partial charge is 0.0162 e. The van der Waals surface area contributed by atoms with Crippen molar-refractivity contribution in [3.63, 3.8) is 0 Å². The third-order valence-corrected chi connectivity index (χ3v) is 4.83. The van der Waals surface area contributed by atoms with Gasteiger partial charge < -0.3 is 0 Å². The van der Waals surface area contributed by atoms with Crippen LogP contribution in [0, 0.1) is 5.92 Å². The summed E-state index contributed by atoms with van der Waals surface area (Å²) in [4.78, 5) is 0. The number of rotatable bonds is 6. The summed E-state index contributed by atoms with van der Waals surface area (Å²) in [5, 5.41) is 0. The van der Waals surface area contributed by atoms with E-state index in [1.54, 1.807) is 5.56 Å². The molecule has 0 N–H and O–H groups in total. The molecule has 2 rings (SSSR count). The fraction of sp³-hybridized carbons (Fsp3) is 0.600. The lowest BCUT2D eigenvalue weighted by Gasteiger charge is -2.28. The van der Waals surface area contributed by atoms with Crippen molar-refractivity contribution in [1.29, 1.82) is 0 Å². The first-order valence-electron chi connectivity index (χ1n) is 8.53. The van der Waals surface area contributed by atoms with Gasteiger partial charge in [-0.05, 0) is 68.4 Å². The average Bonchev–Trinajstić information content (AvgIpc) is 2.49. The zero-order valence-corrected chi connectivity index (χ0v) is 13.3. The van der Waals surface area contributed by atoms with Gasteiger partial charge in [-0.1, -0.05) is 56.2 Å². The third-order valence-electron chi connectivity index (χ3n) is 4.83. The molecule has 1 aliphatic carbocycles. The first-order chi connectivity index (χ1) is 9.83. The van der Waals surface area contributed by atoms with Crippen molar-refractivity contribution in [1.82, 2.24) is 0 Å². The van der Waals surface area contributed by atoms with Gasteiger partial charge >= 0.3 is 0 Å². The molecular formula is C20H30. The van der Waals surface area contributed by atoms with Crippen molar-refractivity contribution >= 4 is 0 Å². The molecule has 20 heavy (non-hydrogen) atoms. The molecule has 110 valence electrons. The predicted octanol–water partition coefficient (Wildman–Crippen LogP) is 6.27. The highest BCUT2D eigenvalue weighted by atomic mass is 14.3. The molecule has 0 spiro atoms. The van der Waals surface area contributed by atoms with Crippen LogP contribution in [0.1, 0.15) is 75.8 Å². The van der Waals surface area contributed by atoms with E-state index in [9.17, 15) is 0 Å². The first-order valence-corrected chi connectivity index (χ1v) is 8.53. The standard InChI is InChI=1S/C20H30/c1-3-5-6-8-18-11-15-20(16-12-18)19-13-9-17(7-4-2)10-14-19/h3,5,11-12,15-17,19H,4,6-10,13-14H2,1-2H3/b5-3+. The highest BCUT2D eigenvalue weighted by Gasteiger charge is 2.21. The molecule has 0 unspecified atom stereocenters. The van der Waals surface area contributed by atoms with Crippen molar-refractivity contribution in [2.24, 2.45) is 5.92 Å². The van der Waals surface area contributed by atoms with Gasteiger partial charge in [0, 0.05) is 0 Å². The zero-order valence-electron chi connectivity index (χ0n) is 13.3. The van der Waals surface area contributed by atoms with E-state index < -0.39 is 0 Å². The van der Waals surface area contributed by atoms with Gasteiger partial charge in [-0.2, -0.15) is 0 Å². The maximum Gasteiger partial charge on any atom is -0.0162 e. The molecule has 0 heteroatoms. The Kier molecular flexibility index (Phi) is 6.36. The first kappa shape index (κ1) is 15.4. The molecule has 0 amide bonds. The Labute approximate surface area is 125 Å². The van der Waals surface area contributed by atoms with Crippen LogP contribution in [0.4, 0.5) is 0 Å². The quantitative estimate of drug-likeness (QED) is 0.534. The Morgan fingerprint density at radius 3 is 2.35 bits per heavy atom. The van der Waals surface area contributed by atoms with Crippen molar-refractivity contribution in [3.8, 4) is 0 Å². The van der Waals surface area contributed by atoms with E-state index in [2.05, 4.69) is 50.3 Å². The Bertz CT molecular complexity index is 391. The minimum Gasteiger partial charge on any atom is -0.0917 e. The predicted molar refractivity (Wildman–Crippen MR) is 89.2 cm³/mol. The molecule has 1 saturated carbocycles. The van der Waals surface area contributed by atoms with Crippen LogP contribution >= 0.6 is 0 Å². The Morgan fingerprint density at radius 1 is 1.05 bits per heavy atom. The van der Waals surface area contributed by atoms with Gasteiger partial charge in [0.1, 0.15) is 0 Å². The van der Waals surface area contributed by atoms with Crippen LogP contribution in [0.5, 0.6) is 0 Å². The maximum absolute atomic E-state index is 2.38. The fourth-order valence-corrected chi connectivity index (χ4v) is 3.57. The number of aryl methyl sites for hydroxylation is 1. The van der Waals surface area contributed by atoms with E-state index in [4.69, 9.17) is 0 Å². The van der Waals surface area contributed by atoms with Crippen molar-refractivity contribution in [3.05, 3.63) is 47.5 Å². The van der Waals surface area contributed by atoms with Gasteiger partial charge in [0.2, 0.25) is 0 Å². The molecule has 0 aromatic heterocycles. The second kappa shape index (κ2) is 8.29. The minimum absolute atomic E-state index is 0.827. The average molecular weight is 270 g/mol. The highest BCUT2D eigenvalue weighted by Crippen LogP contribution is 2.37. The molecule has 1 aromatic carbocycles. The topological polar surface area (TPSA) is 0 Å². The minimum atomic E-state index is 0.827. The third kappa shape index (κ3) is 4.51. The molecule has 0 aliphatic heterocycles. The van der Waals surface area contributed by atoms with Crippen LogP contribution in [0.2, 0.25) is 0 Å². The lowest BCUT2D eigenvalue weighted by molar-refractivity contribution is 0.308. The van der Waals surface area contributed by atoms with Crippen molar-refractivity contribution in [2.75, 3.05) is 0 Å². The molecule has 0 bridgehead atoms. The summed E-state index contributed by atoms with van der Waals surface area (Å²) in [6, 6.07) is 9.46. The monoisotopic (exact) mass is 270 g/mol. The Morgan fingerprint density at radius 2 is 1.75 bits per heavy atom. The molecule has 0 heterocycles. The van der Waals surface area contributed by atoms with E-state index in [0.29, 0.717) is 0 Å². The molecule has 0 atom stereocenters. The van der Waals surface area contributed by atoms with E-state index in [-0.39, 0.29) is 0 Å². The zero-order chi connectivity index (χ0) is 14.2. The molecule has 0 radical (unpaired) electrons. The van der Waals surface area contributed by atoms with Gasteiger partial charge in [0.25, 0.3) is 0 Å². The van der Waals surface area contributed by atoms with E-state index in [1.165, 1.54) is 50.5 Å². The second-order valence-electron chi connectivity index (χ2n) is 6.36. The number of benzene rings is 1. The summed E-state index contributed by atoms with van der Waals surface area (Å²) in [5.74, 6) is 1.84. The summed E-state index contributed by atoms with van der Waals surface area (Å²) in [6.45, 7) is 4.41. The summed E-state index contributed by atoms with van der Waals surface area (Å²) >= 11 is 0. The van der Waals surface area contributed by atoms with Gasteiger partial charge in [0.05, 0.1) is 0 Å². The van der Waals surface area contributed by atoms with Crippen LogP contribution in [0.15, 0.2) is 36.4 Å². The van der Waals surface area contributed by atoms with Gasteiger partial charge in [-0.25, -0.2) is 0 Å². The fourth-order valence-electron chi connectivity index (χ4n) is 3.57. The highest BCUT2D eigenvalue weighted by molar-refractivity contribution is 5.26. The van der Waals surface area contributed by atoms with E-state index >= 15 is 0 Å². The van der Waals surface area contributed by atoms with Crippen LogP contribution in [-0.4, -0.2) is 0 Å². The molecule has 0 nitrogen and oxygen atoms in total. The maximum atomic E-state index is 2.38. The van der Waals surface area contributed by atoms with Crippen LogP contribution in [0.3, 0.4) is 0 Å². The number of allylic oxidation sites excluding steroid dienone is 2. The largest absolute Gasteiger partial charge is 0.0917 e. The van der Waals surface area contributed by atoms with Crippen molar-refractivity contribution < 1.29 is 0 Å². The van der Waals surface area contributed by atoms with Crippen molar-refractivity contribution in [2.45, 2.75) is 71.1 Å². The number of hydrogen-bond donors (Lipinski definition) is 0. The van der Waals surface area contributed by atoms with Crippen LogP contribution in [0.25, 0.3) is 0 Å². The van der Waals surface area contributed by atoms with Gasteiger partial charge in [0.15, 0.2) is 0 Å². The van der Waals surface area contributed by atoms with Crippen LogP contribution < -0.4 is 0 Å². The Balaban J connectivity index is 1.84. The molecule has 1 aromatic rings. The molecular weight excluding hydrogens is 240 g/mol.